The number of para-hydroxylation sites is 1. The molecule has 0 atom stereocenters. The van der Waals surface area contributed by atoms with Crippen molar-refractivity contribution in [2.24, 2.45) is 0 Å². The Hall–Kier alpha value is -4.21. The van der Waals surface area contributed by atoms with Gasteiger partial charge in [0.2, 0.25) is 0 Å². The molecular weight excluding hydrogens is 494 g/mol. The predicted molar refractivity (Wildman–Crippen MR) is 143 cm³/mol. The molecule has 1 aromatic heterocycles. The molecule has 0 saturated heterocycles. The molecule has 0 saturated carbocycles. The van der Waals surface area contributed by atoms with Crippen molar-refractivity contribution in [2.75, 3.05) is 10.0 Å². The average Bonchev–Trinajstić information content (AvgIpc) is 3.28. The number of hydrogen-bond donors (Lipinski definition) is 3. The van der Waals surface area contributed by atoms with E-state index in [0.29, 0.717) is 27.5 Å². The fourth-order valence-corrected chi connectivity index (χ4v) is 5.66. The number of thiazole rings is 1. The molecule has 0 aliphatic heterocycles. The lowest BCUT2D eigenvalue weighted by Gasteiger charge is -2.10. The third-order valence-electron chi connectivity index (χ3n) is 5.51. The summed E-state index contributed by atoms with van der Waals surface area (Å²) in [7, 11) is -3.73. The van der Waals surface area contributed by atoms with E-state index in [-0.39, 0.29) is 10.6 Å². The molecule has 9 heteroatoms. The number of sulfonamides is 1. The van der Waals surface area contributed by atoms with E-state index >= 15 is 0 Å². The van der Waals surface area contributed by atoms with E-state index in [1.54, 1.807) is 24.3 Å². The SMILES string of the molecule is Cc1ccc(S(=O)(=O)Nc2ccc(C(=O)Nc3ccc(-c4nc5ccccc5s4)c(O)c3)cc2)cc1. The number of phenolic OH excluding ortho intramolecular Hbond substituents is 1. The number of carbonyl (C=O) groups excluding carboxylic acids is 1. The minimum Gasteiger partial charge on any atom is -0.507 e. The van der Waals surface area contributed by atoms with Crippen LogP contribution in [0, 0.1) is 6.92 Å². The average molecular weight is 516 g/mol. The molecule has 0 radical (unpaired) electrons. The second-order valence-electron chi connectivity index (χ2n) is 8.17. The van der Waals surface area contributed by atoms with Crippen LogP contribution in [0.3, 0.4) is 0 Å². The highest BCUT2D eigenvalue weighted by molar-refractivity contribution is 7.92. The highest BCUT2D eigenvalue weighted by Crippen LogP contribution is 2.36. The number of nitrogens with zero attached hydrogens (tertiary/aromatic N) is 1. The Bertz CT molecular complexity index is 1640. The maximum absolute atomic E-state index is 12.7. The number of fused-ring (bicyclic) bond motifs is 1. The molecule has 36 heavy (non-hydrogen) atoms. The van der Waals surface area contributed by atoms with E-state index in [2.05, 4.69) is 15.0 Å². The van der Waals surface area contributed by atoms with Gasteiger partial charge in [0.05, 0.1) is 20.7 Å². The number of amides is 1. The Labute approximate surface area is 212 Å². The number of anilines is 2. The predicted octanol–water partition coefficient (Wildman–Crippen LogP) is 6.03. The zero-order valence-electron chi connectivity index (χ0n) is 19.1. The van der Waals surface area contributed by atoms with Crippen LogP contribution in [0.1, 0.15) is 15.9 Å². The second-order valence-corrected chi connectivity index (χ2v) is 10.9. The highest BCUT2D eigenvalue weighted by Gasteiger charge is 2.15. The van der Waals surface area contributed by atoms with Gasteiger partial charge in [-0.2, -0.15) is 0 Å². The smallest absolute Gasteiger partial charge is 0.261 e. The minimum atomic E-state index is -3.73. The van der Waals surface area contributed by atoms with Gasteiger partial charge in [-0.15, -0.1) is 11.3 Å². The molecule has 3 N–H and O–H groups in total. The van der Waals surface area contributed by atoms with Gasteiger partial charge in [-0.3, -0.25) is 9.52 Å². The molecule has 0 bridgehead atoms. The summed E-state index contributed by atoms with van der Waals surface area (Å²) < 4.78 is 28.7. The number of phenols is 1. The van der Waals surface area contributed by atoms with Crippen molar-refractivity contribution in [2.45, 2.75) is 11.8 Å². The molecule has 1 heterocycles. The summed E-state index contributed by atoms with van der Waals surface area (Å²) in [6.45, 7) is 1.88. The van der Waals surface area contributed by atoms with Crippen LogP contribution in [0.4, 0.5) is 11.4 Å². The first kappa shape index (κ1) is 23.5. The molecule has 0 spiro atoms. The van der Waals surface area contributed by atoms with E-state index in [1.807, 2.05) is 31.2 Å². The summed E-state index contributed by atoms with van der Waals surface area (Å²) in [6.07, 6.45) is 0. The second kappa shape index (κ2) is 9.44. The number of rotatable bonds is 6. The molecule has 0 aliphatic rings. The standard InChI is InChI=1S/C27H21N3O4S2/c1-17-6-13-21(14-7-17)36(33,34)30-19-10-8-18(9-11-19)26(32)28-20-12-15-22(24(31)16-20)27-29-23-4-2-3-5-25(23)35-27/h2-16,30-31H,1H3,(H,28,32). The van der Waals surface area contributed by atoms with Crippen LogP contribution in [0.15, 0.2) is 95.9 Å². The summed E-state index contributed by atoms with van der Waals surface area (Å²) in [5, 5.41) is 14.0. The van der Waals surface area contributed by atoms with Gasteiger partial charge in [0.25, 0.3) is 15.9 Å². The first-order valence-corrected chi connectivity index (χ1v) is 13.3. The number of aryl methyl sites for hydroxylation is 1. The van der Waals surface area contributed by atoms with Crippen LogP contribution in [0.2, 0.25) is 0 Å². The molecule has 5 rings (SSSR count). The van der Waals surface area contributed by atoms with Crippen molar-refractivity contribution in [1.29, 1.82) is 0 Å². The monoisotopic (exact) mass is 515 g/mol. The largest absolute Gasteiger partial charge is 0.507 e. The number of aromatic nitrogens is 1. The number of nitrogens with one attached hydrogen (secondary N) is 2. The Morgan fingerprint density at radius 1 is 0.889 bits per heavy atom. The van der Waals surface area contributed by atoms with Gasteiger partial charge in [0, 0.05) is 23.0 Å². The van der Waals surface area contributed by atoms with Crippen molar-refractivity contribution in [3.8, 4) is 16.3 Å². The molecule has 180 valence electrons. The Balaban J connectivity index is 1.28. The van der Waals surface area contributed by atoms with Crippen LogP contribution in [-0.4, -0.2) is 24.4 Å². The van der Waals surface area contributed by atoms with Gasteiger partial charge in [-0.1, -0.05) is 29.8 Å². The Kier molecular flexibility index (Phi) is 6.17. The topological polar surface area (TPSA) is 108 Å². The van der Waals surface area contributed by atoms with Crippen molar-refractivity contribution in [1.82, 2.24) is 4.98 Å². The number of benzene rings is 4. The summed E-state index contributed by atoms with van der Waals surface area (Å²) in [4.78, 5) is 17.4. The van der Waals surface area contributed by atoms with Crippen molar-refractivity contribution in [3.63, 3.8) is 0 Å². The van der Waals surface area contributed by atoms with Crippen molar-refractivity contribution in [3.05, 3.63) is 102 Å². The summed E-state index contributed by atoms with van der Waals surface area (Å²) in [5.74, 6) is -0.386. The minimum absolute atomic E-state index is 0.00714. The molecule has 0 unspecified atom stereocenters. The maximum atomic E-state index is 12.7. The Morgan fingerprint density at radius 3 is 2.28 bits per heavy atom. The molecular formula is C27H21N3O4S2. The first-order valence-electron chi connectivity index (χ1n) is 11.0. The van der Waals surface area contributed by atoms with E-state index in [9.17, 15) is 18.3 Å². The Morgan fingerprint density at radius 2 is 1.58 bits per heavy atom. The van der Waals surface area contributed by atoms with Crippen molar-refractivity contribution >= 4 is 48.9 Å². The molecule has 0 aliphatic carbocycles. The summed E-state index contributed by atoms with van der Waals surface area (Å²) in [5.41, 5.74) is 3.50. The lowest BCUT2D eigenvalue weighted by molar-refractivity contribution is 0.102. The molecule has 1 amide bonds. The molecule has 5 aromatic rings. The van der Waals surface area contributed by atoms with Gasteiger partial charge in [0.1, 0.15) is 10.8 Å². The quantitative estimate of drug-likeness (QED) is 0.256. The van der Waals surface area contributed by atoms with E-state index in [1.165, 1.54) is 53.8 Å². The zero-order valence-corrected chi connectivity index (χ0v) is 20.7. The molecule has 0 fully saturated rings. The lowest BCUT2D eigenvalue weighted by Crippen LogP contribution is -2.14. The van der Waals surface area contributed by atoms with Gasteiger partial charge in [-0.25, -0.2) is 13.4 Å². The fraction of sp³-hybridized carbons (Fsp3) is 0.0370. The van der Waals surface area contributed by atoms with Crippen LogP contribution in [0.25, 0.3) is 20.8 Å². The van der Waals surface area contributed by atoms with Crippen molar-refractivity contribution < 1.29 is 18.3 Å². The fourth-order valence-electron chi connectivity index (χ4n) is 3.60. The zero-order chi connectivity index (χ0) is 25.3. The third-order valence-corrected chi connectivity index (χ3v) is 7.98. The lowest BCUT2D eigenvalue weighted by atomic mass is 10.1. The summed E-state index contributed by atoms with van der Waals surface area (Å²) >= 11 is 1.48. The van der Waals surface area contributed by atoms with E-state index in [0.717, 1.165) is 15.8 Å². The van der Waals surface area contributed by atoms with E-state index in [4.69, 9.17) is 0 Å². The van der Waals surface area contributed by atoms with Crippen LogP contribution < -0.4 is 10.0 Å². The highest BCUT2D eigenvalue weighted by atomic mass is 32.2. The van der Waals surface area contributed by atoms with E-state index < -0.39 is 15.9 Å². The molecule has 7 nitrogen and oxygen atoms in total. The van der Waals surface area contributed by atoms with Crippen LogP contribution in [0.5, 0.6) is 5.75 Å². The van der Waals surface area contributed by atoms with Crippen LogP contribution in [-0.2, 0) is 10.0 Å². The van der Waals surface area contributed by atoms with Gasteiger partial charge >= 0.3 is 0 Å². The van der Waals surface area contributed by atoms with Gasteiger partial charge in [-0.05, 0) is 67.6 Å². The molecule has 4 aromatic carbocycles. The third kappa shape index (κ3) is 4.93. The summed E-state index contributed by atoms with van der Waals surface area (Å²) in [6, 6.07) is 25.3. The first-order chi connectivity index (χ1) is 17.3. The van der Waals surface area contributed by atoms with Gasteiger partial charge in [0.15, 0.2) is 0 Å². The van der Waals surface area contributed by atoms with Crippen LogP contribution >= 0.6 is 11.3 Å². The maximum Gasteiger partial charge on any atom is 0.261 e. The number of carbonyl (C=O) groups is 1. The van der Waals surface area contributed by atoms with Gasteiger partial charge < -0.3 is 10.4 Å². The number of hydrogen-bond acceptors (Lipinski definition) is 6. The number of aromatic hydroxyl groups is 1. The normalized spacial score (nSPS) is 11.4.